The van der Waals surface area contributed by atoms with Crippen LogP contribution in [0, 0.1) is 65.1 Å². The van der Waals surface area contributed by atoms with E-state index in [4.69, 9.17) is 5.73 Å². The Labute approximate surface area is 365 Å². The molecule has 13 unspecified atom stereocenters. The van der Waals surface area contributed by atoms with Gasteiger partial charge in [-0.3, -0.25) is 4.90 Å². The van der Waals surface area contributed by atoms with E-state index in [1.54, 1.807) is 11.1 Å². The van der Waals surface area contributed by atoms with Gasteiger partial charge in [0.2, 0.25) is 0 Å². The fraction of sp³-hybridized carbons (Fsp3) is 0.789. The van der Waals surface area contributed by atoms with Gasteiger partial charge in [0.05, 0.1) is 0 Å². The summed E-state index contributed by atoms with van der Waals surface area (Å²) in [6.45, 7) is 12.4. The van der Waals surface area contributed by atoms with Crippen LogP contribution in [0.4, 0.5) is 0 Å². The van der Waals surface area contributed by atoms with Gasteiger partial charge in [0.1, 0.15) is 0 Å². The van der Waals surface area contributed by atoms with E-state index < -0.39 is 0 Å². The molecule has 0 saturated heterocycles. The zero-order valence-electron chi connectivity index (χ0n) is 39.0. The van der Waals surface area contributed by atoms with E-state index in [9.17, 15) is 0 Å². The first-order valence-electron chi connectivity index (χ1n) is 26.5. The third-order valence-corrected chi connectivity index (χ3v) is 18.0. The Morgan fingerprint density at radius 1 is 0.746 bits per heavy atom. The fourth-order valence-electron chi connectivity index (χ4n) is 14.3. The van der Waals surface area contributed by atoms with Crippen LogP contribution in [-0.4, -0.2) is 30.1 Å². The molecule has 0 amide bonds. The minimum absolute atomic E-state index is 0.309. The van der Waals surface area contributed by atoms with Crippen LogP contribution in [-0.2, 0) is 0 Å². The second kappa shape index (κ2) is 23.2. The minimum Gasteiger partial charge on any atom is -0.327 e. The summed E-state index contributed by atoms with van der Waals surface area (Å²) >= 11 is 0. The smallest absolute Gasteiger partial charge is 0.0126 e. The molecule has 0 aromatic rings. The Bertz CT molecular complexity index is 1460. The topological polar surface area (TPSA) is 29.3 Å². The molecule has 0 radical (unpaired) electrons. The van der Waals surface area contributed by atoms with Gasteiger partial charge in [-0.2, -0.15) is 0 Å². The van der Waals surface area contributed by atoms with Gasteiger partial charge in [-0.15, -0.1) is 0 Å². The SMILES string of the molecule is CCCCC(CCC)C(N)C/C=C\CC1CCC(C)/C(C)=C2\C=CCCC2C(C2=CC(C3C=CCCC3)CC(C3CC=CCC3)C2)CN(C2CCCC3CCCCC32)C1. The van der Waals surface area contributed by atoms with Crippen molar-refractivity contribution >= 4 is 0 Å². The molecular weight excluding hydrogens is 713 g/mol. The summed E-state index contributed by atoms with van der Waals surface area (Å²) in [6, 6.07) is 1.08. The average Bonchev–Trinajstić information content (AvgIpc) is 3.30. The third kappa shape index (κ3) is 12.1. The summed E-state index contributed by atoms with van der Waals surface area (Å²) in [6.07, 6.45) is 58.8. The number of allylic oxidation sites excluding steroid dienone is 10. The predicted octanol–water partition coefficient (Wildman–Crippen LogP) is 15.5. The molecule has 2 heteroatoms. The van der Waals surface area contributed by atoms with E-state index in [0.29, 0.717) is 29.7 Å². The van der Waals surface area contributed by atoms with Crippen LogP contribution in [0.3, 0.4) is 0 Å². The highest BCUT2D eigenvalue weighted by molar-refractivity contribution is 5.35. The van der Waals surface area contributed by atoms with Crippen LogP contribution in [0.2, 0.25) is 0 Å². The van der Waals surface area contributed by atoms with E-state index in [2.05, 4.69) is 87.3 Å². The van der Waals surface area contributed by atoms with Gasteiger partial charge in [0.15, 0.2) is 0 Å². The van der Waals surface area contributed by atoms with Crippen LogP contribution < -0.4 is 5.73 Å². The lowest BCUT2D eigenvalue weighted by molar-refractivity contribution is 0.0197. The number of nitrogens with two attached hydrogens (primary N) is 1. The zero-order valence-corrected chi connectivity index (χ0v) is 39.0. The quantitative estimate of drug-likeness (QED) is 0.177. The van der Waals surface area contributed by atoms with Crippen molar-refractivity contribution in [1.82, 2.24) is 4.90 Å². The summed E-state index contributed by atoms with van der Waals surface area (Å²) in [5, 5.41) is 0. The Kier molecular flexibility index (Phi) is 17.8. The number of rotatable bonds is 14. The van der Waals surface area contributed by atoms with Crippen molar-refractivity contribution in [1.29, 1.82) is 0 Å². The Hall–Kier alpha value is -1.64. The summed E-state index contributed by atoms with van der Waals surface area (Å²) in [5.74, 6) is 8.43. The molecule has 7 aliphatic rings. The van der Waals surface area contributed by atoms with Crippen molar-refractivity contribution in [3.63, 3.8) is 0 Å². The van der Waals surface area contributed by atoms with Gasteiger partial charge in [-0.05, 0) is 193 Å². The van der Waals surface area contributed by atoms with E-state index in [1.165, 1.54) is 174 Å². The molecule has 13 atom stereocenters. The Morgan fingerprint density at radius 2 is 1.61 bits per heavy atom. The lowest BCUT2D eigenvalue weighted by Gasteiger charge is -2.49. The highest BCUT2D eigenvalue weighted by Gasteiger charge is 2.43. The van der Waals surface area contributed by atoms with Gasteiger partial charge in [-0.1, -0.05) is 138 Å². The lowest BCUT2D eigenvalue weighted by Crippen LogP contribution is -2.51. The first-order valence-corrected chi connectivity index (χ1v) is 26.5. The largest absolute Gasteiger partial charge is 0.327 e. The molecule has 59 heavy (non-hydrogen) atoms. The van der Waals surface area contributed by atoms with Gasteiger partial charge in [0, 0.05) is 25.2 Å². The first kappa shape index (κ1) is 45.4. The maximum atomic E-state index is 6.96. The van der Waals surface area contributed by atoms with Crippen molar-refractivity contribution in [2.75, 3.05) is 13.1 Å². The van der Waals surface area contributed by atoms with Crippen LogP contribution in [0.5, 0.6) is 0 Å². The first-order chi connectivity index (χ1) is 28.9. The fourth-order valence-corrected chi connectivity index (χ4v) is 14.3. The Morgan fingerprint density at radius 3 is 2.42 bits per heavy atom. The number of unbranched alkanes of at least 4 members (excludes halogenated alkanes) is 1. The van der Waals surface area contributed by atoms with Crippen LogP contribution >= 0.6 is 0 Å². The highest BCUT2D eigenvalue weighted by atomic mass is 15.2. The van der Waals surface area contributed by atoms with Gasteiger partial charge in [0.25, 0.3) is 0 Å². The van der Waals surface area contributed by atoms with Crippen molar-refractivity contribution in [2.24, 2.45) is 70.8 Å². The highest BCUT2D eigenvalue weighted by Crippen LogP contribution is 2.50. The maximum absolute atomic E-state index is 6.96. The molecule has 1 aliphatic heterocycles. The molecule has 0 aromatic heterocycles. The zero-order chi connectivity index (χ0) is 41.0. The summed E-state index contributed by atoms with van der Waals surface area (Å²) < 4.78 is 0. The monoisotopic (exact) mass is 805 g/mol. The molecular formula is C57H92N2. The lowest BCUT2D eigenvalue weighted by atomic mass is 9.63. The molecule has 2 nitrogen and oxygen atoms in total. The second-order valence-electron chi connectivity index (χ2n) is 21.8. The molecule has 2 N–H and O–H groups in total. The molecule has 6 aliphatic carbocycles. The van der Waals surface area contributed by atoms with Crippen LogP contribution in [0.15, 0.2) is 71.4 Å². The number of fused-ring (bicyclic) bond motifs is 2. The normalized spacial score (nSPS) is 38.6. The van der Waals surface area contributed by atoms with Crippen molar-refractivity contribution in [2.45, 2.75) is 207 Å². The average molecular weight is 805 g/mol. The third-order valence-electron chi connectivity index (χ3n) is 18.0. The van der Waals surface area contributed by atoms with Gasteiger partial charge in [-0.25, -0.2) is 0 Å². The standard InChI is InChI=1S/C57H92N2/c1-5-7-23-48(21-6-2)56(58)33-19-14-22-44-36-35-42(3)43(4)52-30-17-18-32-54(52)55(41-59(40-44)57-34-20-29-47-28-15-16-31-53(47)57)51-38-49(45-24-10-8-11-25-45)37-50(39-51)46-26-12-9-13-27-46/h8,10,12,14,17,19,26,30,39,42,44-50,53-57H,5-7,9,11,13,15-16,18,20-25,27-29,31-38,40-41,58H2,1-4H3/b19-14-,52-43+. The van der Waals surface area contributed by atoms with E-state index in [1.807, 2.05) is 5.57 Å². The number of nitrogens with zero attached hydrogens (tertiary/aromatic N) is 1. The molecule has 1 heterocycles. The summed E-state index contributed by atoms with van der Waals surface area (Å²) in [5.41, 5.74) is 12.3. The second-order valence-corrected chi connectivity index (χ2v) is 21.8. The minimum atomic E-state index is 0.309. The molecule has 330 valence electrons. The maximum Gasteiger partial charge on any atom is 0.0126 e. The van der Waals surface area contributed by atoms with Gasteiger partial charge >= 0.3 is 0 Å². The molecule has 0 aromatic carbocycles. The summed E-state index contributed by atoms with van der Waals surface area (Å²) in [4.78, 5) is 3.25. The molecule has 2 fully saturated rings. The molecule has 0 bridgehead atoms. The molecule has 2 saturated carbocycles. The van der Waals surface area contributed by atoms with Crippen molar-refractivity contribution in [3.8, 4) is 0 Å². The predicted molar refractivity (Wildman–Crippen MR) is 256 cm³/mol. The number of hydrogen-bond acceptors (Lipinski definition) is 2. The van der Waals surface area contributed by atoms with Gasteiger partial charge < -0.3 is 5.73 Å². The van der Waals surface area contributed by atoms with E-state index in [-0.39, 0.29) is 0 Å². The van der Waals surface area contributed by atoms with E-state index in [0.717, 1.165) is 53.9 Å². The van der Waals surface area contributed by atoms with Crippen molar-refractivity contribution < 1.29 is 0 Å². The molecule has 0 spiro atoms. The number of hydrogen-bond donors (Lipinski definition) is 1. The van der Waals surface area contributed by atoms with Crippen LogP contribution in [0.25, 0.3) is 0 Å². The van der Waals surface area contributed by atoms with Crippen LogP contribution in [0.1, 0.15) is 195 Å². The Balaban J connectivity index is 1.23. The summed E-state index contributed by atoms with van der Waals surface area (Å²) in [7, 11) is 0. The van der Waals surface area contributed by atoms with E-state index >= 15 is 0 Å². The van der Waals surface area contributed by atoms with Crippen molar-refractivity contribution in [3.05, 3.63) is 71.4 Å². The molecule has 7 rings (SSSR count).